The van der Waals surface area contributed by atoms with Crippen molar-refractivity contribution < 1.29 is 0 Å². The Kier molecular flexibility index (Phi) is 21.5. The molecule has 0 aromatic heterocycles. The summed E-state index contributed by atoms with van der Waals surface area (Å²) in [5, 5.41) is 36.6. The molecule has 0 heteroatoms. The molecule has 90 heavy (non-hydrogen) atoms. The topological polar surface area (TPSA) is 0 Å². The maximum absolute atomic E-state index is 2.77. The summed E-state index contributed by atoms with van der Waals surface area (Å²) in [5.74, 6) is 0. The Balaban J connectivity index is 0.979. The fourth-order valence-electron chi connectivity index (χ4n) is 18.2. The van der Waals surface area contributed by atoms with Gasteiger partial charge in [0.1, 0.15) is 0 Å². The van der Waals surface area contributed by atoms with Gasteiger partial charge in [0.15, 0.2) is 0 Å². The number of rotatable bonds is 44. The lowest BCUT2D eigenvalue weighted by atomic mass is 9.72. The van der Waals surface area contributed by atoms with Crippen molar-refractivity contribution >= 4 is 129 Å². The summed E-state index contributed by atoms with van der Waals surface area (Å²) in [6.45, 7) is 9.35. The molecule has 0 N–H and O–H groups in total. The van der Waals surface area contributed by atoms with Crippen LogP contribution in [0.15, 0.2) is 84.9 Å². The Hall–Kier alpha value is -5.46. The zero-order chi connectivity index (χ0) is 61.2. The minimum atomic E-state index is 1.16. The number of unbranched alkanes of at least 4 members (excludes halogenated alkanes) is 36. The van der Waals surface area contributed by atoms with Crippen molar-refractivity contribution in [3.63, 3.8) is 0 Å². The molecule has 0 radical (unpaired) electrons. The molecule has 0 unspecified atom stereocenters. The molecule has 0 fully saturated rings. The molecule has 0 spiro atoms. The summed E-state index contributed by atoms with van der Waals surface area (Å²) in [4.78, 5) is 0. The lowest BCUT2D eigenvalue weighted by molar-refractivity contribution is 0.556. The lowest BCUT2D eigenvalue weighted by Gasteiger charge is -2.30. The SMILES string of the molecule is CCCCCCCCCCCCc1cc2c3cccc4c5cccc6c7cc(CCCCCCCCCCCC)cc8c9cc(CCCCCCCCCCCC)cc%10c%11cc(CCCCCCCCCCCC)cc%12c(c1)c2c1c(c43)c(c56)c(c78)c(c9%10)c1c%12%11. The van der Waals surface area contributed by atoms with Gasteiger partial charge in [0, 0.05) is 0 Å². The second-order valence-corrected chi connectivity index (χ2v) is 29.7. The molecule has 0 saturated carbocycles. The van der Waals surface area contributed by atoms with Gasteiger partial charge < -0.3 is 0 Å². The quantitative estimate of drug-likeness (QED) is 0.0203. The standard InChI is InChI=1S/C90H114/c1-5-9-13-17-21-25-29-33-37-41-47-63-55-71-69-53-45-51-67-68-52-46-54-70-72-56-64(48-42-38-34-30-26-22-18-14-10-6-2)58-74-76-60-66(50-44-40-36-32-28-24-20-16-12-8-4)62-78-77-61-65(49-43-39-35-31-27-23-19-15-11-7-3)59-75-73(57-63)81(71)87-85(79(67)69)86(80(68)70)88(82(72)74)90(84(76)78)89(87)83(75)77/h45-46,51-62H,5-44,47-50H2,1-4H3. The zero-order valence-electron chi connectivity index (χ0n) is 57.2. The van der Waals surface area contributed by atoms with Gasteiger partial charge in [-0.3, -0.25) is 0 Å². The number of hydrogen-bond donors (Lipinski definition) is 0. The van der Waals surface area contributed by atoms with Crippen LogP contribution < -0.4 is 0 Å². The third-order valence-corrected chi connectivity index (χ3v) is 22.9. The Morgan fingerprint density at radius 2 is 0.300 bits per heavy atom. The van der Waals surface area contributed by atoms with Gasteiger partial charge in [0.05, 0.1) is 0 Å². The van der Waals surface area contributed by atoms with E-state index in [0.717, 1.165) is 25.7 Å². The third kappa shape index (κ3) is 12.9. The van der Waals surface area contributed by atoms with Gasteiger partial charge in [-0.2, -0.15) is 0 Å². The fraction of sp³-hybridized carbons (Fsp3) is 0.533. The summed E-state index contributed by atoms with van der Waals surface area (Å²) in [6.07, 6.45) is 59.7. The maximum atomic E-state index is 2.77. The predicted octanol–water partition coefficient (Wildman–Crippen LogP) is 30.0. The Morgan fingerprint density at radius 3 is 0.489 bits per heavy atom. The summed E-state index contributed by atoms with van der Waals surface area (Å²) in [7, 11) is 0. The van der Waals surface area contributed by atoms with Crippen molar-refractivity contribution in [2.45, 2.75) is 310 Å². The average Bonchev–Trinajstić information content (AvgIpc) is 0.647. The van der Waals surface area contributed by atoms with Gasteiger partial charge in [0.2, 0.25) is 0 Å². The van der Waals surface area contributed by atoms with Gasteiger partial charge >= 0.3 is 0 Å². The summed E-state index contributed by atoms with van der Waals surface area (Å²) in [5.41, 5.74) is 6.21. The third-order valence-electron chi connectivity index (χ3n) is 22.9. The van der Waals surface area contributed by atoms with Crippen molar-refractivity contribution in [2.75, 3.05) is 0 Å². The van der Waals surface area contributed by atoms with Gasteiger partial charge in [-0.25, -0.2) is 0 Å². The monoisotopic (exact) mass is 1190 g/mol. The number of benzene rings is 13. The minimum absolute atomic E-state index is 1.16. The molecular weight excluding hydrogens is 1080 g/mol. The van der Waals surface area contributed by atoms with Crippen LogP contribution in [0.2, 0.25) is 0 Å². The highest BCUT2D eigenvalue weighted by atomic mass is 14.3. The van der Waals surface area contributed by atoms with Crippen LogP contribution in [0.3, 0.4) is 0 Å². The summed E-state index contributed by atoms with van der Waals surface area (Å²) < 4.78 is 0. The van der Waals surface area contributed by atoms with E-state index in [9.17, 15) is 0 Å². The van der Waals surface area contributed by atoms with E-state index in [0.29, 0.717) is 0 Å². The van der Waals surface area contributed by atoms with Crippen molar-refractivity contribution in [3.8, 4) is 0 Å². The smallest absolute Gasteiger partial charge is 0.0000472 e. The van der Waals surface area contributed by atoms with Crippen LogP contribution in [0.1, 0.15) is 307 Å². The van der Waals surface area contributed by atoms with Crippen LogP contribution in [0.25, 0.3) is 129 Å². The molecule has 0 aliphatic heterocycles. The maximum Gasteiger partial charge on any atom is -0.0000472 e. The molecule has 13 aromatic carbocycles. The molecular formula is C90H114. The molecule has 0 saturated heterocycles. The second-order valence-electron chi connectivity index (χ2n) is 29.7. The van der Waals surface area contributed by atoms with E-state index < -0.39 is 0 Å². The highest BCUT2D eigenvalue weighted by Crippen LogP contribution is 2.61. The van der Waals surface area contributed by atoms with Crippen LogP contribution in [0.5, 0.6) is 0 Å². The Morgan fingerprint density at radius 1 is 0.156 bits per heavy atom. The largest absolute Gasteiger partial charge is 0.0654 e. The first-order valence-corrected chi connectivity index (χ1v) is 38.8. The molecule has 0 heterocycles. The molecule has 0 aliphatic rings. The zero-order valence-corrected chi connectivity index (χ0v) is 57.2. The molecule has 0 amide bonds. The molecule has 0 atom stereocenters. The highest BCUT2D eigenvalue weighted by Gasteiger charge is 2.32. The average molecular weight is 1200 g/mol. The van der Waals surface area contributed by atoms with E-state index in [1.807, 2.05) is 0 Å². The van der Waals surface area contributed by atoms with Crippen molar-refractivity contribution in [3.05, 3.63) is 107 Å². The summed E-state index contributed by atoms with van der Waals surface area (Å²) >= 11 is 0. The lowest BCUT2D eigenvalue weighted by Crippen LogP contribution is -2.02. The molecule has 0 aliphatic carbocycles. The van der Waals surface area contributed by atoms with E-state index in [4.69, 9.17) is 0 Å². The molecule has 0 nitrogen and oxygen atoms in total. The van der Waals surface area contributed by atoms with Crippen LogP contribution in [-0.2, 0) is 25.7 Å². The predicted molar refractivity (Wildman–Crippen MR) is 406 cm³/mol. The molecule has 0 bridgehead atoms. The number of aryl methyl sites for hydroxylation is 4. The molecule has 13 rings (SSSR count). The minimum Gasteiger partial charge on any atom is -0.0654 e. The Labute approximate surface area is 543 Å². The first-order chi connectivity index (χ1) is 44.6. The first kappa shape index (κ1) is 63.3. The normalized spacial score (nSPS) is 12.8. The van der Waals surface area contributed by atoms with E-state index >= 15 is 0 Å². The van der Waals surface area contributed by atoms with E-state index in [1.54, 1.807) is 65.3 Å². The Bertz CT molecular complexity index is 4040. The summed E-state index contributed by atoms with van der Waals surface area (Å²) in [6, 6.07) is 36.9. The van der Waals surface area contributed by atoms with E-state index in [-0.39, 0.29) is 0 Å². The van der Waals surface area contributed by atoms with Gasteiger partial charge in [-0.15, -0.1) is 0 Å². The highest BCUT2D eigenvalue weighted by molar-refractivity contribution is 6.61. The van der Waals surface area contributed by atoms with Gasteiger partial charge in [0.25, 0.3) is 0 Å². The molecule has 474 valence electrons. The van der Waals surface area contributed by atoms with Crippen molar-refractivity contribution in [1.82, 2.24) is 0 Å². The molecule has 13 aromatic rings. The second kappa shape index (κ2) is 30.5. The van der Waals surface area contributed by atoms with Crippen molar-refractivity contribution in [1.29, 1.82) is 0 Å². The van der Waals surface area contributed by atoms with Gasteiger partial charge in [-0.05, 0) is 203 Å². The van der Waals surface area contributed by atoms with Crippen LogP contribution in [-0.4, -0.2) is 0 Å². The number of fused-ring (bicyclic) bond motifs is 6. The first-order valence-electron chi connectivity index (χ1n) is 38.8. The van der Waals surface area contributed by atoms with E-state index in [1.165, 1.54) is 343 Å². The van der Waals surface area contributed by atoms with Crippen LogP contribution in [0.4, 0.5) is 0 Å². The van der Waals surface area contributed by atoms with Gasteiger partial charge in [-0.1, -0.05) is 344 Å². The van der Waals surface area contributed by atoms with Crippen LogP contribution >= 0.6 is 0 Å². The van der Waals surface area contributed by atoms with Crippen LogP contribution in [0, 0.1) is 0 Å². The fourth-order valence-corrected chi connectivity index (χ4v) is 18.2. The van der Waals surface area contributed by atoms with E-state index in [2.05, 4.69) is 113 Å². The van der Waals surface area contributed by atoms with Crippen molar-refractivity contribution in [2.24, 2.45) is 0 Å². The number of hydrogen-bond acceptors (Lipinski definition) is 0.